The zero-order valence-corrected chi connectivity index (χ0v) is 13.5. The number of anilines is 1. The molecule has 22 heavy (non-hydrogen) atoms. The number of hydrogen-bond donors (Lipinski definition) is 2. The monoisotopic (exact) mass is 301 g/mol. The highest BCUT2D eigenvalue weighted by molar-refractivity contribution is 5.38. The van der Waals surface area contributed by atoms with Gasteiger partial charge in [0.2, 0.25) is 0 Å². The van der Waals surface area contributed by atoms with Crippen molar-refractivity contribution in [1.29, 1.82) is 0 Å². The van der Waals surface area contributed by atoms with Crippen LogP contribution in [0, 0.1) is 0 Å². The van der Waals surface area contributed by atoms with Crippen molar-refractivity contribution in [3.8, 4) is 0 Å². The molecule has 2 fully saturated rings. The van der Waals surface area contributed by atoms with Gasteiger partial charge in [-0.2, -0.15) is 0 Å². The van der Waals surface area contributed by atoms with Crippen LogP contribution in [0.15, 0.2) is 36.8 Å². The number of pyridine rings is 1. The quantitative estimate of drug-likeness (QED) is 0.861. The first-order chi connectivity index (χ1) is 10.7. The molecule has 0 spiro atoms. The average Bonchev–Trinajstić information content (AvgIpc) is 2.94. The molecule has 0 aliphatic carbocycles. The Balaban J connectivity index is 1.41. The molecule has 1 unspecified atom stereocenters. The van der Waals surface area contributed by atoms with Crippen LogP contribution in [0.4, 0.5) is 5.82 Å². The van der Waals surface area contributed by atoms with Gasteiger partial charge >= 0.3 is 0 Å². The van der Waals surface area contributed by atoms with Crippen LogP contribution in [0.5, 0.6) is 0 Å². The third kappa shape index (κ3) is 3.91. The highest BCUT2D eigenvalue weighted by Crippen LogP contribution is 2.17. The van der Waals surface area contributed by atoms with Crippen molar-refractivity contribution >= 4 is 5.82 Å². The molecule has 0 bridgehead atoms. The van der Waals surface area contributed by atoms with Gasteiger partial charge in [-0.15, -0.1) is 0 Å². The van der Waals surface area contributed by atoms with Crippen LogP contribution >= 0.6 is 0 Å². The van der Waals surface area contributed by atoms with E-state index < -0.39 is 0 Å². The van der Waals surface area contributed by atoms with E-state index in [4.69, 9.17) is 0 Å². The summed E-state index contributed by atoms with van der Waals surface area (Å²) < 4.78 is 0. The number of rotatable bonds is 5. The molecule has 2 aliphatic rings. The van der Waals surface area contributed by atoms with Crippen LogP contribution < -0.4 is 15.5 Å². The molecule has 0 radical (unpaired) electrons. The molecule has 0 aromatic carbocycles. The van der Waals surface area contributed by atoms with Crippen molar-refractivity contribution in [2.75, 3.05) is 38.1 Å². The van der Waals surface area contributed by atoms with Gasteiger partial charge in [-0.25, -0.2) is 4.98 Å². The van der Waals surface area contributed by atoms with E-state index >= 15 is 0 Å². The van der Waals surface area contributed by atoms with E-state index in [1.54, 1.807) is 0 Å². The number of likely N-dealkylation sites (tertiary alicyclic amines) is 1. The van der Waals surface area contributed by atoms with Gasteiger partial charge in [-0.05, 0) is 45.0 Å². The Morgan fingerprint density at radius 2 is 1.86 bits per heavy atom. The molecule has 0 amide bonds. The van der Waals surface area contributed by atoms with Crippen LogP contribution in [0.25, 0.3) is 0 Å². The molecule has 5 nitrogen and oxygen atoms in total. The van der Waals surface area contributed by atoms with Gasteiger partial charge in [-0.1, -0.05) is 12.6 Å². The maximum absolute atomic E-state index is 4.43. The number of hydrogen-bond acceptors (Lipinski definition) is 5. The molecule has 3 rings (SSSR count). The van der Waals surface area contributed by atoms with Gasteiger partial charge in [0, 0.05) is 37.9 Å². The minimum absolute atomic E-state index is 0.513. The molecule has 0 saturated carbocycles. The summed E-state index contributed by atoms with van der Waals surface area (Å²) in [5, 5.41) is 7.09. The minimum atomic E-state index is 0.513. The second kappa shape index (κ2) is 7.01. The standard InChI is InChI=1S/C17H27N5/c1-14(20-16-6-10-21(2)13-16)19-15-7-11-22(12-8-15)17-5-3-4-9-18-17/h3-5,9,15-16,19-20H,1,6-8,10-13H2,2H3. The summed E-state index contributed by atoms with van der Waals surface area (Å²) in [5.41, 5.74) is 0. The zero-order valence-electron chi connectivity index (χ0n) is 13.5. The zero-order chi connectivity index (χ0) is 15.4. The molecular formula is C17H27N5. The first kappa shape index (κ1) is 15.2. The molecule has 1 aromatic rings. The van der Waals surface area contributed by atoms with E-state index in [0.29, 0.717) is 12.1 Å². The Labute approximate surface area is 133 Å². The molecular weight excluding hydrogens is 274 g/mol. The Bertz CT molecular complexity index is 481. The first-order valence-electron chi connectivity index (χ1n) is 8.27. The fourth-order valence-electron chi connectivity index (χ4n) is 3.38. The Kier molecular flexibility index (Phi) is 4.83. The normalized spacial score (nSPS) is 23.5. The van der Waals surface area contributed by atoms with Gasteiger partial charge in [0.1, 0.15) is 5.82 Å². The minimum Gasteiger partial charge on any atom is -0.370 e. The van der Waals surface area contributed by atoms with E-state index in [0.717, 1.165) is 44.1 Å². The number of aromatic nitrogens is 1. The van der Waals surface area contributed by atoms with Crippen LogP contribution in [0.3, 0.4) is 0 Å². The Morgan fingerprint density at radius 3 is 2.50 bits per heavy atom. The number of piperidine rings is 1. The van der Waals surface area contributed by atoms with Crippen molar-refractivity contribution in [2.45, 2.75) is 31.3 Å². The SMILES string of the molecule is C=C(NC1CCN(c2ccccn2)CC1)NC1CCN(C)C1. The summed E-state index contributed by atoms with van der Waals surface area (Å²) in [6.45, 7) is 8.53. The lowest BCUT2D eigenvalue weighted by Gasteiger charge is -2.34. The topological polar surface area (TPSA) is 43.4 Å². The number of nitrogens with zero attached hydrogens (tertiary/aromatic N) is 3. The van der Waals surface area contributed by atoms with Crippen molar-refractivity contribution < 1.29 is 0 Å². The van der Waals surface area contributed by atoms with Gasteiger partial charge in [0.15, 0.2) is 0 Å². The molecule has 120 valence electrons. The number of likely N-dealkylation sites (N-methyl/N-ethyl adjacent to an activating group) is 1. The van der Waals surface area contributed by atoms with Crippen molar-refractivity contribution in [2.24, 2.45) is 0 Å². The molecule has 1 aromatic heterocycles. The van der Waals surface area contributed by atoms with Crippen LogP contribution in [0.1, 0.15) is 19.3 Å². The summed E-state index contributed by atoms with van der Waals surface area (Å²) >= 11 is 0. The molecule has 2 N–H and O–H groups in total. The molecule has 3 heterocycles. The largest absolute Gasteiger partial charge is 0.370 e. The lowest BCUT2D eigenvalue weighted by molar-refractivity contribution is 0.393. The van der Waals surface area contributed by atoms with Crippen LogP contribution in [0.2, 0.25) is 0 Å². The Hall–Kier alpha value is -1.75. The first-order valence-corrected chi connectivity index (χ1v) is 8.27. The number of nitrogens with one attached hydrogen (secondary N) is 2. The third-order valence-electron chi connectivity index (χ3n) is 4.62. The summed E-state index contributed by atoms with van der Waals surface area (Å²) in [4.78, 5) is 9.15. The Morgan fingerprint density at radius 1 is 1.14 bits per heavy atom. The van der Waals surface area contributed by atoms with Crippen molar-refractivity contribution in [1.82, 2.24) is 20.5 Å². The second-order valence-electron chi connectivity index (χ2n) is 6.46. The highest BCUT2D eigenvalue weighted by atomic mass is 15.2. The van der Waals surface area contributed by atoms with Crippen molar-refractivity contribution in [3.05, 3.63) is 36.8 Å². The predicted molar refractivity (Wildman–Crippen MR) is 90.8 cm³/mol. The molecule has 1 atom stereocenters. The average molecular weight is 301 g/mol. The summed E-state index contributed by atoms with van der Waals surface area (Å²) in [5.74, 6) is 2.07. The summed E-state index contributed by atoms with van der Waals surface area (Å²) in [7, 11) is 2.17. The van der Waals surface area contributed by atoms with Crippen LogP contribution in [-0.2, 0) is 0 Å². The fourth-order valence-corrected chi connectivity index (χ4v) is 3.38. The lowest BCUT2D eigenvalue weighted by atomic mass is 10.1. The van der Waals surface area contributed by atoms with Crippen LogP contribution in [-0.4, -0.2) is 55.2 Å². The summed E-state index contributed by atoms with van der Waals surface area (Å²) in [6, 6.07) is 7.16. The van der Waals surface area contributed by atoms with E-state index in [1.165, 1.54) is 13.0 Å². The van der Waals surface area contributed by atoms with Gasteiger partial charge < -0.3 is 20.4 Å². The van der Waals surface area contributed by atoms with Gasteiger partial charge in [0.05, 0.1) is 5.82 Å². The molecule has 2 aliphatic heterocycles. The molecule has 2 saturated heterocycles. The maximum atomic E-state index is 4.43. The second-order valence-corrected chi connectivity index (χ2v) is 6.46. The maximum Gasteiger partial charge on any atom is 0.128 e. The molecule has 5 heteroatoms. The van der Waals surface area contributed by atoms with Gasteiger partial charge in [-0.3, -0.25) is 0 Å². The van der Waals surface area contributed by atoms with Gasteiger partial charge in [0.25, 0.3) is 0 Å². The lowest BCUT2D eigenvalue weighted by Crippen LogP contribution is -2.45. The smallest absolute Gasteiger partial charge is 0.128 e. The highest BCUT2D eigenvalue weighted by Gasteiger charge is 2.22. The van der Waals surface area contributed by atoms with E-state index in [1.807, 2.05) is 12.3 Å². The fraction of sp³-hybridized carbons (Fsp3) is 0.588. The van der Waals surface area contributed by atoms with E-state index in [9.17, 15) is 0 Å². The third-order valence-corrected chi connectivity index (χ3v) is 4.62. The summed E-state index contributed by atoms with van der Waals surface area (Å²) in [6.07, 6.45) is 5.32. The van der Waals surface area contributed by atoms with E-state index in [-0.39, 0.29) is 0 Å². The van der Waals surface area contributed by atoms with Crippen molar-refractivity contribution in [3.63, 3.8) is 0 Å². The van der Waals surface area contributed by atoms with E-state index in [2.05, 4.69) is 51.2 Å². The predicted octanol–water partition coefficient (Wildman–Crippen LogP) is 1.40.